The van der Waals surface area contributed by atoms with Gasteiger partial charge >= 0.3 is 5.97 Å². The molecule has 2 heterocycles. The van der Waals surface area contributed by atoms with Gasteiger partial charge in [-0.25, -0.2) is 9.18 Å². The van der Waals surface area contributed by atoms with Gasteiger partial charge in [0.2, 0.25) is 5.43 Å². The van der Waals surface area contributed by atoms with Crippen molar-refractivity contribution in [1.29, 1.82) is 0 Å². The van der Waals surface area contributed by atoms with Crippen LogP contribution in [0.15, 0.2) is 17.1 Å². The molecule has 0 spiro atoms. The minimum Gasteiger partial charge on any atom is -0.492 e. The molecule has 1 aromatic carbocycles. The number of pyridine rings is 1. The van der Waals surface area contributed by atoms with Crippen molar-refractivity contribution in [2.45, 2.75) is 45.1 Å². The summed E-state index contributed by atoms with van der Waals surface area (Å²) in [7, 11) is 1.48. The summed E-state index contributed by atoms with van der Waals surface area (Å²) in [5.41, 5.74) is -0.133. The molecule has 0 bridgehead atoms. The topological polar surface area (TPSA) is 71.8 Å². The van der Waals surface area contributed by atoms with Gasteiger partial charge in [0.15, 0.2) is 11.6 Å². The fourth-order valence-electron chi connectivity index (χ4n) is 4.33. The molecule has 2 fully saturated rings. The molecule has 7 heteroatoms. The summed E-state index contributed by atoms with van der Waals surface area (Å²) < 4.78 is 22.7. The second kappa shape index (κ2) is 7.11. The van der Waals surface area contributed by atoms with Crippen LogP contribution in [0.2, 0.25) is 0 Å². The number of hydrogen-bond donors (Lipinski definition) is 1. The molecule has 1 saturated heterocycles. The average Bonchev–Trinajstić information content (AvgIpc) is 3.52. The van der Waals surface area contributed by atoms with Gasteiger partial charge in [-0.05, 0) is 37.7 Å². The zero-order valence-corrected chi connectivity index (χ0v) is 16.2. The number of halogens is 1. The van der Waals surface area contributed by atoms with Gasteiger partial charge in [-0.15, -0.1) is 0 Å². The molecule has 6 nitrogen and oxygen atoms in total. The summed E-state index contributed by atoms with van der Waals surface area (Å²) in [6.07, 6.45) is 6.32. The van der Waals surface area contributed by atoms with Gasteiger partial charge in [0.1, 0.15) is 11.3 Å². The van der Waals surface area contributed by atoms with Crippen molar-refractivity contribution in [3.05, 3.63) is 33.9 Å². The van der Waals surface area contributed by atoms with Gasteiger partial charge in [-0.2, -0.15) is 0 Å². The van der Waals surface area contributed by atoms with Crippen molar-refractivity contribution in [2.24, 2.45) is 5.92 Å². The van der Waals surface area contributed by atoms with Gasteiger partial charge in [-0.1, -0.05) is 13.3 Å². The molecule has 1 N–H and O–H groups in total. The fourth-order valence-corrected chi connectivity index (χ4v) is 4.33. The third kappa shape index (κ3) is 3.02. The van der Waals surface area contributed by atoms with Crippen molar-refractivity contribution in [3.63, 3.8) is 0 Å². The molecule has 28 heavy (non-hydrogen) atoms. The number of fused-ring (bicyclic) bond motifs is 1. The normalized spacial score (nSPS) is 19.8. The summed E-state index contributed by atoms with van der Waals surface area (Å²) in [5.74, 6) is -1.02. The number of benzene rings is 1. The van der Waals surface area contributed by atoms with E-state index in [1.54, 1.807) is 4.57 Å². The number of carboxylic acid groups (broad SMARTS) is 1. The summed E-state index contributed by atoms with van der Waals surface area (Å²) in [5, 5.41) is 9.48. The molecule has 1 aliphatic heterocycles. The number of aromatic carboxylic acids is 1. The Hall–Kier alpha value is -2.57. The third-order valence-corrected chi connectivity index (χ3v) is 5.99. The quantitative estimate of drug-likeness (QED) is 0.843. The second-order valence-corrected chi connectivity index (χ2v) is 7.81. The zero-order chi connectivity index (χ0) is 20.0. The molecule has 1 aromatic heterocycles. The Morgan fingerprint density at radius 3 is 2.71 bits per heavy atom. The minimum atomic E-state index is -1.30. The van der Waals surface area contributed by atoms with E-state index in [-0.39, 0.29) is 17.0 Å². The lowest BCUT2D eigenvalue weighted by atomic mass is 9.95. The van der Waals surface area contributed by atoms with Crippen molar-refractivity contribution >= 4 is 22.6 Å². The maximum Gasteiger partial charge on any atom is 0.341 e. The highest BCUT2D eigenvalue weighted by Gasteiger charge is 2.32. The SMILES string of the molecule is CCC1CCCN(c2c(F)cc3c(=O)c(C(=O)O)cn(C4CC4)c3c2OC)C1. The average molecular weight is 388 g/mol. The van der Waals surface area contributed by atoms with Crippen LogP contribution >= 0.6 is 0 Å². The van der Waals surface area contributed by atoms with Gasteiger partial charge in [-0.3, -0.25) is 4.79 Å². The Balaban J connectivity index is 1.99. The molecule has 1 aliphatic carbocycles. The van der Waals surface area contributed by atoms with Crippen LogP contribution in [0.5, 0.6) is 5.75 Å². The van der Waals surface area contributed by atoms with Crippen LogP contribution in [0.25, 0.3) is 10.9 Å². The van der Waals surface area contributed by atoms with E-state index in [4.69, 9.17) is 4.74 Å². The molecule has 2 aromatic rings. The smallest absolute Gasteiger partial charge is 0.341 e. The minimum absolute atomic E-state index is 0.0638. The summed E-state index contributed by atoms with van der Waals surface area (Å²) >= 11 is 0. The van der Waals surface area contributed by atoms with Crippen molar-refractivity contribution < 1.29 is 19.0 Å². The molecule has 0 amide bonds. The van der Waals surface area contributed by atoms with Crippen molar-refractivity contribution in [2.75, 3.05) is 25.1 Å². The first-order valence-corrected chi connectivity index (χ1v) is 9.89. The zero-order valence-electron chi connectivity index (χ0n) is 16.2. The van der Waals surface area contributed by atoms with E-state index < -0.39 is 17.2 Å². The highest BCUT2D eigenvalue weighted by Crippen LogP contribution is 2.44. The van der Waals surface area contributed by atoms with E-state index in [0.29, 0.717) is 22.9 Å². The van der Waals surface area contributed by atoms with E-state index >= 15 is 4.39 Å². The van der Waals surface area contributed by atoms with Crippen LogP contribution in [0.1, 0.15) is 55.4 Å². The standard InChI is InChI=1S/C21H25FN2O4/c1-3-12-5-4-8-23(10-12)18-16(22)9-14-17(20(18)28-2)24(13-6-7-13)11-15(19(14)25)21(26)27/h9,11-13H,3-8,10H2,1-2H3,(H,26,27). The Bertz CT molecular complexity index is 996. The number of nitrogens with zero attached hydrogens (tertiary/aromatic N) is 2. The predicted octanol–water partition coefficient (Wildman–Crippen LogP) is 3.81. The maximum atomic E-state index is 15.2. The number of aromatic nitrogens is 1. The number of piperidine rings is 1. The molecule has 150 valence electrons. The number of carbonyl (C=O) groups is 1. The van der Waals surface area contributed by atoms with E-state index in [1.807, 2.05) is 4.90 Å². The number of anilines is 1. The van der Waals surface area contributed by atoms with Crippen LogP contribution in [-0.4, -0.2) is 35.8 Å². The van der Waals surface area contributed by atoms with E-state index in [9.17, 15) is 14.7 Å². The lowest BCUT2D eigenvalue weighted by Gasteiger charge is -2.35. The van der Waals surface area contributed by atoms with E-state index in [0.717, 1.165) is 45.2 Å². The van der Waals surface area contributed by atoms with Crippen molar-refractivity contribution in [3.8, 4) is 5.75 Å². The second-order valence-electron chi connectivity index (χ2n) is 7.81. The monoisotopic (exact) mass is 388 g/mol. The fraction of sp³-hybridized carbons (Fsp3) is 0.524. The Kier molecular flexibility index (Phi) is 4.77. The number of methoxy groups -OCH3 is 1. The van der Waals surface area contributed by atoms with E-state index in [1.165, 1.54) is 19.4 Å². The summed E-state index contributed by atoms with van der Waals surface area (Å²) in [4.78, 5) is 26.3. The molecule has 0 radical (unpaired) electrons. The number of ether oxygens (including phenoxy) is 1. The van der Waals surface area contributed by atoms with Crippen LogP contribution in [0, 0.1) is 11.7 Å². The lowest BCUT2D eigenvalue weighted by molar-refractivity contribution is 0.0695. The Morgan fingerprint density at radius 2 is 2.11 bits per heavy atom. The van der Waals surface area contributed by atoms with Gasteiger partial charge in [0.05, 0.1) is 18.0 Å². The first-order chi connectivity index (χ1) is 13.5. The van der Waals surface area contributed by atoms with Crippen LogP contribution < -0.4 is 15.1 Å². The summed E-state index contributed by atoms with van der Waals surface area (Å²) in [6, 6.07) is 1.30. The van der Waals surface area contributed by atoms with Gasteiger partial charge in [0.25, 0.3) is 0 Å². The molecule has 1 saturated carbocycles. The first-order valence-electron chi connectivity index (χ1n) is 9.89. The molecule has 1 unspecified atom stereocenters. The molecule has 1 atom stereocenters. The van der Waals surface area contributed by atoms with Crippen LogP contribution in [0.4, 0.5) is 10.1 Å². The number of hydrogen-bond acceptors (Lipinski definition) is 4. The Morgan fingerprint density at radius 1 is 1.36 bits per heavy atom. The Labute approximate surface area is 162 Å². The van der Waals surface area contributed by atoms with Gasteiger partial charge in [0, 0.05) is 25.3 Å². The van der Waals surface area contributed by atoms with Crippen molar-refractivity contribution in [1.82, 2.24) is 4.57 Å². The van der Waals surface area contributed by atoms with Crippen LogP contribution in [0.3, 0.4) is 0 Å². The molecule has 2 aliphatic rings. The molecular weight excluding hydrogens is 363 g/mol. The van der Waals surface area contributed by atoms with E-state index in [2.05, 4.69) is 6.92 Å². The first kappa shape index (κ1) is 18.8. The largest absolute Gasteiger partial charge is 0.492 e. The molecule has 4 rings (SSSR count). The highest BCUT2D eigenvalue weighted by molar-refractivity contribution is 5.97. The number of rotatable bonds is 5. The third-order valence-electron chi connectivity index (χ3n) is 5.99. The summed E-state index contributed by atoms with van der Waals surface area (Å²) in [6.45, 7) is 3.62. The molecular formula is C21H25FN2O4. The number of carboxylic acids is 1. The van der Waals surface area contributed by atoms with Gasteiger partial charge < -0.3 is 19.3 Å². The predicted molar refractivity (Wildman–Crippen MR) is 105 cm³/mol. The lowest BCUT2D eigenvalue weighted by Crippen LogP contribution is -2.36. The van der Waals surface area contributed by atoms with Crippen LogP contribution in [-0.2, 0) is 0 Å². The highest BCUT2D eigenvalue weighted by atomic mass is 19.1. The maximum absolute atomic E-state index is 15.2.